The van der Waals surface area contributed by atoms with Gasteiger partial charge in [-0.3, -0.25) is 0 Å². The standard InChI is InChI=1S/C16H36N.C12H24O2.H2O/c1-5-9-13-17(14-10-6-2,15-11-7-3)16-12-8-4;1-2-3-4-5-6-7-8-9-10-11-12(13)14;/h5-16H2,1-4H3;2-11H2,1H3,(H,13,14);1H2/q+1;;/p-1. The molecule has 0 aliphatic heterocycles. The third-order valence-electron chi connectivity index (χ3n) is 6.43. The van der Waals surface area contributed by atoms with Crippen LogP contribution in [0.4, 0.5) is 0 Å². The number of quaternary nitrogens is 1. The fourth-order valence-electron chi connectivity index (χ4n) is 4.22. The van der Waals surface area contributed by atoms with Crippen molar-refractivity contribution in [1.82, 2.24) is 0 Å². The molecule has 0 aromatic carbocycles. The van der Waals surface area contributed by atoms with E-state index < -0.39 is 5.97 Å². The number of carboxylic acids is 1. The van der Waals surface area contributed by atoms with Crippen molar-refractivity contribution < 1.29 is 19.9 Å². The number of unbranched alkanes of at least 4 members (excludes halogenated alkanes) is 12. The first-order valence-electron chi connectivity index (χ1n) is 14.1. The Kier molecular flexibility index (Phi) is 31.9. The molecular formula is C28H61NO3. The highest BCUT2D eigenvalue weighted by atomic mass is 16.4. The van der Waals surface area contributed by atoms with Crippen LogP contribution in [0.15, 0.2) is 0 Å². The summed E-state index contributed by atoms with van der Waals surface area (Å²) in [7, 11) is 0. The summed E-state index contributed by atoms with van der Waals surface area (Å²) in [6.07, 6.45) is 22.2. The molecule has 0 aliphatic carbocycles. The molecule has 0 fully saturated rings. The molecule has 196 valence electrons. The van der Waals surface area contributed by atoms with E-state index in [1.807, 2.05) is 0 Å². The van der Waals surface area contributed by atoms with Gasteiger partial charge in [-0.25, -0.2) is 0 Å². The Labute approximate surface area is 202 Å². The Morgan fingerprint density at radius 2 is 0.781 bits per heavy atom. The Bertz CT molecular complexity index is 323. The van der Waals surface area contributed by atoms with Crippen LogP contribution in [0.2, 0.25) is 0 Å². The molecule has 0 saturated heterocycles. The number of carbonyl (C=O) groups is 1. The molecule has 0 atom stereocenters. The van der Waals surface area contributed by atoms with E-state index in [0.29, 0.717) is 0 Å². The molecule has 0 unspecified atom stereocenters. The van der Waals surface area contributed by atoms with Gasteiger partial charge in [0.05, 0.1) is 26.2 Å². The number of rotatable bonds is 22. The molecule has 0 saturated carbocycles. The van der Waals surface area contributed by atoms with Crippen molar-refractivity contribution in [2.24, 2.45) is 0 Å². The predicted octanol–water partition coefficient (Wildman–Crippen LogP) is 6.84. The minimum Gasteiger partial charge on any atom is -0.550 e. The lowest BCUT2D eigenvalue weighted by Crippen LogP contribution is -2.50. The van der Waals surface area contributed by atoms with Crippen LogP contribution in [0.25, 0.3) is 0 Å². The maximum atomic E-state index is 10.1. The smallest absolute Gasteiger partial charge is 0.0786 e. The zero-order chi connectivity index (χ0) is 23.6. The summed E-state index contributed by atoms with van der Waals surface area (Å²) in [6, 6.07) is 0. The fourth-order valence-corrected chi connectivity index (χ4v) is 4.22. The van der Waals surface area contributed by atoms with Gasteiger partial charge in [-0.15, -0.1) is 0 Å². The van der Waals surface area contributed by atoms with Crippen LogP contribution in [0.5, 0.6) is 0 Å². The highest BCUT2D eigenvalue weighted by Gasteiger charge is 2.24. The van der Waals surface area contributed by atoms with Crippen molar-refractivity contribution in [2.75, 3.05) is 26.2 Å². The van der Waals surface area contributed by atoms with Gasteiger partial charge in [-0.05, 0) is 38.5 Å². The number of hydrogen-bond donors (Lipinski definition) is 0. The highest BCUT2D eigenvalue weighted by molar-refractivity contribution is 5.63. The minimum absolute atomic E-state index is 0. The van der Waals surface area contributed by atoms with E-state index in [9.17, 15) is 9.90 Å². The maximum absolute atomic E-state index is 10.1. The molecule has 0 spiro atoms. The van der Waals surface area contributed by atoms with Gasteiger partial charge in [-0.1, -0.05) is 112 Å². The predicted molar refractivity (Wildman–Crippen MR) is 140 cm³/mol. The molecule has 0 bridgehead atoms. The molecule has 0 heterocycles. The van der Waals surface area contributed by atoms with E-state index in [-0.39, 0.29) is 11.9 Å². The second-order valence-electron chi connectivity index (χ2n) is 9.60. The van der Waals surface area contributed by atoms with E-state index in [2.05, 4.69) is 34.6 Å². The second-order valence-corrected chi connectivity index (χ2v) is 9.60. The molecule has 0 aromatic rings. The van der Waals surface area contributed by atoms with Crippen molar-refractivity contribution in [1.29, 1.82) is 0 Å². The summed E-state index contributed by atoms with van der Waals surface area (Å²) in [4.78, 5) is 10.1. The molecule has 0 aromatic heterocycles. The van der Waals surface area contributed by atoms with Crippen molar-refractivity contribution >= 4 is 5.97 Å². The van der Waals surface area contributed by atoms with E-state index >= 15 is 0 Å². The number of nitrogens with zero attached hydrogens (tertiary/aromatic N) is 1. The lowest BCUT2D eigenvalue weighted by atomic mass is 10.1. The number of carboxylic acid groups (broad SMARTS) is 1. The zero-order valence-corrected chi connectivity index (χ0v) is 22.8. The van der Waals surface area contributed by atoms with Gasteiger partial charge in [-0.2, -0.15) is 0 Å². The third-order valence-corrected chi connectivity index (χ3v) is 6.43. The first-order valence-corrected chi connectivity index (χ1v) is 14.1. The Balaban J connectivity index is -0.000000519. The molecule has 0 rings (SSSR count). The average molecular weight is 460 g/mol. The second kappa shape index (κ2) is 28.4. The molecule has 0 radical (unpaired) electrons. The first-order chi connectivity index (χ1) is 15.0. The van der Waals surface area contributed by atoms with Gasteiger partial charge in [0.2, 0.25) is 0 Å². The number of carbonyl (C=O) groups excluding carboxylic acids is 1. The van der Waals surface area contributed by atoms with Crippen LogP contribution >= 0.6 is 0 Å². The van der Waals surface area contributed by atoms with Crippen LogP contribution < -0.4 is 5.11 Å². The topological polar surface area (TPSA) is 71.6 Å². The van der Waals surface area contributed by atoms with Crippen LogP contribution in [0.1, 0.15) is 150 Å². The zero-order valence-electron chi connectivity index (χ0n) is 22.8. The van der Waals surface area contributed by atoms with Crippen LogP contribution in [0, 0.1) is 0 Å². The van der Waals surface area contributed by atoms with E-state index in [1.54, 1.807) is 0 Å². The Morgan fingerprint density at radius 3 is 1.06 bits per heavy atom. The molecule has 2 N–H and O–H groups in total. The lowest BCUT2D eigenvalue weighted by Gasteiger charge is -2.39. The maximum Gasteiger partial charge on any atom is 0.0786 e. The van der Waals surface area contributed by atoms with Gasteiger partial charge in [0, 0.05) is 5.97 Å². The summed E-state index contributed by atoms with van der Waals surface area (Å²) < 4.78 is 1.42. The van der Waals surface area contributed by atoms with Crippen LogP contribution in [-0.2, 0) is 4.79 Å². The Hall–Kier alpha value is -0.610. The SMILES string of the molecule is CCCCCCCCCCCC(=O)[O-].CCCC[N+](CCCC)(CCCC)CCCC.O. The number of hydrogen-bond acceptors (Lipinski definition) is 2. The first kappa shape index (κ1) is 36.0. The normalized spacial score (nSPS) is 10.9. The quantitative estimate of drug-likeness (QED) is 0.131. The molecule has 4 nitrogen and oxygen atoms in total. The Morgan fingerprint density at radius 1 is 0.500 bits per heavy atom. The summed E-state index contributed by atoms with van der Waals surface area (Å²) in [5, 5.41) is 10.1. The van der Waals surface area contributed by atoms with Crippen molar-refractivity contribution in [3.63, 3.8) is 0 Å². The van der Waals surface area contributed by atoms with Gasteiger partial charge in [0.1, 0.15) is 0 Å². The molecule has 32 heavy (non-hydrogen) atoms. The number of aliphatic carboxylic acids is 1. The minimum atomic E-state index is -0.909. The molecular weight excluding hydrogens is 398 g/mol. The van der Waals surface area contributed by atoms with Gasteiger partial charge in [0.25, 0.3) is 0 Å². The largest absolute Gasteiger partial charge is 0.550 e. The van der Waals surface area contributed by atoms with Crippen molar-refractivity contribution in [3.05, 3.63) is 0 Å². The molecule has 4 heteroatoms. The average Bonchev–Trinajstić information content (AvgIpc) is 2.77. The fraction of sp³-hybridized carbons (Fsp3) is 0.964. The van der Waals surface area contributed by atoms with E-state index in [0.717, 1.165) is 12.8 Å². The molecule has 0 aliphatic rings. The van der Waals surface area contributed by atoms with Crippen LogP contribution in [-0.4, -0.2) is 42.1 Å². The van der Waals surface area contributed by atoms with Crippen molar-refractivity contribution in [3.8, 4) is 0 Å². The third kappa shape index (κ3) is 25.6. The van der Waals surface area contributed by atoms with Crippen LogP contribution in [0.3, 0.4) is 0 Å². The van der Waals surface area contributed by atoms with E-state index in [4.69, 9.17) is 0 Å². The monoisotopic (exact) mass is 459 g/mol. The summed E-state index contributed by atoms with van der Waals surface area (Å²) in [6.45, 7) is 17.2. The van der Waals surface area contributed by atoms with Gasteiger partial charge in [0.15, 0.2) is 0 Å². The summed E-state index contributed by atoms with van der Waals surface area (Å²) in [5.41, 5.74) is 0. The van der Waals surface area contributed by atoms with Gasteiger partial charge >= 0.3 is 0 Å². The molecule has 0 amide bonds. The van der Waals surface area contributed by atoms with Gasteiger partial charge < -0.3 is 19.9 Å². The van der Waals surface area contributed by atoms with E-state index in [1.165, 1.54) is 127 Å². The lowest BCUT2D eigenvalue weighted by molar-refractivity contribution is -0.929. The van der Waals surface area contributed by atoms with Crippen molar-refractivity contribution in [2.45, 2.75) is 150 Å². The summed E-state index contributed by atoms with van der Waals surface area (Å²) in [5.74, 6) is -0.909. The summed E-state index contributed by atoms with van der Waals surface area (Å²) >= 11 is 0. The highest BCUT2D eigenvalue weighted by Crippen LogP contribution is 2.16.